The van der Waals surface area contributed by atoms with E-state index in [1.165, 1.54) is 0 Å². The number of pyridine rings is 1. The van der Waals surface area contributed by atoms with Crippen LogP contribution in [0.2, 0.25) is 0 Å². The van der Waals surface area contributed by atoms with Crippen molar-refractivity contribution in [2.75, 3.05) is 0 Å². The number of aromatic nitrogens is 1. The van der Waals surface area contributed by atoms with Crippen LogP contribution in [-0.4, -0.2) is 20.3 Å². The van der Waals surface area contributed by atoms with Crippen molar-refractivity contribution >= 4 is 0 Å². The third kappa shape index (κ3) is 2.47. The maximum atomic E-state index is 11.0. The quantitative estimate of drug-likeness (QED) is 0.472. The first kappa shape index (κ1) is 16.5. The number of rotatable bonds is 2. The fourth-order valence-electron chi connectivity index (χ4n) is 3.85. The number of aliphatic hydroxyl groups excluding tert-OH is 1. The Morgan fingerprint density at radius 2 is 1.39 bits per heavy atom. The highest BCUT2D eigenvalue weighted by Crippen LogP contribution is 2.48. The van der Waals surface area contributed by atoms with Gasteiger partial charge in [0, 0.05) is 22.3 Å². The predicted molar refractivity (Wildman–Crippen MR) is 108 cm³/mol. The largest absolute Gasteiger partial charge is 0.508 e. The van der Waals surface area contributed by atoms with E-state index < -0.39 is 6.10 Å². The summed E-state index contributed by atoms with van der Waals surface area (Å²) in [7, 11) is 0. The van der Waals surface area contributed by atoms with E-state index >= 15 is 0 Å². The Balaban J connectivity index is 1.83. The molecular formula is C24H17NO3. The zero-order chi connectivity index (χ0) is 19.3. The zero-order valence-electron chi connectivity index (χ0n) is 14.9. The number of hydrogen-bond donors (Lipinski definition) is 3. The number of aromatic hydroxyl groups is 2. The van der Waals surface area contributed by atoms with Crippen molar-refractivity contribution < 1.29 is 15.3 Å². The number of nitrogens with zero attached hydrogens (tertiary/aromatic N) is 1. The second-order valence-corrected chi connectivity index (χ2v) is 6.87. The summed E-state index contributed by atoms with van der Waals surface area (Å²) in [5, 5.41) is 31.1. The summed E-state index contributed by atoms with van der Waals surface area (Å²) in [6, 6.07) is 23.5. The summed E-state index contributed by atoms with van der Waals surface area (Å²) in [6.07, 6.45) is -0.804. The van der Waals surface area contributed by atoms with Gasteiger partial charge in [-0.15, -0.1) is 0 Å². The first-order valence-electron chi connectivity index (χ1n) is 9.03. The fourth-order valence-corrected chi connectivity index (χ4v) is 3.85. The van der Waals surface area contributed by atoms with E-state index in [2.05, 4.69) is 0 Å². The van der Waals surface area contributed by atoms with Crippen molar-refractivity contribution in [3.63, 3.8) is 0 Å². The molecule has 0 saturated heterocycles. The third-order valence-corrected chi connectivity index (χ3v) is 5.20. The van der Waals surface area contributed by atoms with E-state index in [1.54, 1.807) is 36.4 Å². The van der Waals surface area contributed by atoms with Gasteiger partial charge in [0.15, 0.2) is 0 Å². The molecule has 4 heteroatoms. The molecule has 3 aromatic carbocycles. The minimum absolute atomic E-state index is 0.149. The minimum atomic E-state index is -0.804. The molecule has 1 aromatic heterocycles. The monoisotopic (exact) mass is 367 g/mol. The van der Waals surface area contributed by atoms with E-state index in [-0.39, 0.29) is 11.5 Å². The maximum absolute atomic E-state index is 11.0. The Labute approximate surface area is 162 Å². The van der Waals surface area contributed by atoms with Crippen molar-refractivity contribution in [1.82, 2.24) is 4.98 Å². The number of benzene rings is 3. The summed E-state index contributed by atoms with van der Waals surface area (Å²) in [6.45, 7) is 0. The van der Waals surface area contributed by atoms with Crippen LogP contribution in [-0.2, 0) is 0 Å². The first-order chi connectivity index (χ1) is 13.6. The Morgan fingerprint density at radius 1 is 0.714 bits per heavy atom. The summed E-state index contributed by atoms with van der Waals surface area (Å²) >= 11 is 0. The van der Waals surface area contributed by atoms with Crippen molar-refractivity contribution in [1.29, 1.82) is 0 Å². The van der Waals surface area contributed by atoms with Gasteiger partial charge in [0.2, 0.25) is 0 Å². The lowest BCUT2D eigenvalue weighted by atomic mass is 9.94. The average Bonchev–Trinajstić information content (AvgIpc) is 3.01. The molecule has 4 nitrogen and oxygen atoms in total. The molecule has 1 aliphatic rings. The Kier molecular flexibility index (Phi) is 3.67. The molecule has 0 amide bonds. The van der Waals surface area contributed by atoms with Crippen molar-refractivity contribution in [2.45, 2.75) is 6.10 Å². The molecule has 0 aliphatic heterocycles. The van der Waals surface area contributed by atoms with Gasteiger partial charge < -0.3 is 15.3 Å². The molecule has 28 heavy (non-hydrogen) atoms. The highest BCUT2D eigenvalue weighted by Gasteiger charge is 2.32. The van der Waals surface area contributed by atoms with E-state index in [9.17, 15) is 15.3 Å². The molecule has 136 valence electrons. The summed E-state index contributed by atoms with van der Waals surface area (Å²) in [4.78, 5) is 4.84. The van der Waals surface area contributed by atoms with Crippen LogP contribution in [0.25, 0.3) is 33.6 Å². The van der Waals surface area contributed by atoms with Gasteiger partial charge in [-0.05, 0) is 47.5 Å². The van der Waals surface area contributed by atoms with Gasteiger partial charge in [-0.1, -0.05) is 42.5 Å². The van der Waals surface area contributed by atoms with Gasteiger partial charge in [-0.25, -0.2) is 4.98 Å². The predicted octanol–water partition coefficient (Wildman–Crippen LogP) is 4.89. The highest BCUT2D eigenvalue weighted by atomic mass is 16.3. The van der Waals surface area contributed by atoms with Gasteiger partial charge in [0.05, 0.1) is 11.4 Å². The molecule has 0 bridgehead atoms. The Bertz CT molecular complexity index is 1200. The molecule has 1 atom stereocenters. The zero-order valence-corrected chi connectivity index (χ0v) is 14.9. The second kappa shape index (κ2) is 6.22. The van der Waals surface area contributed by atoms with E-state index in [0.29, 0.717) is 22.5 Å². The van der Waals surface area contributed by atoms with E-state index in [0.717, 1.165) is 22.3 Å². The van der Waals surface area contributed by atoms with Crippen LogP contribution < -0.4 is 0 Å². The van der Waals surface area contributed by atoms with Gasteiger partial charge in [-0.2, -0.15) is 0 Å². The number of phenolic OH excluding ortho intramolecular Hbond substituents is 2. The molecule has 5 rings (SSSR count). The maximum Gasteiger partial charge on any atom is 0.123 e. The molecule has 0 radical (unpaired) electrons. The molecule has 1 unspecified atom stereocenters. The van der Waals surface area contributed by atoms with Gasteiger partial charge in [0.25, 0.3) is 0 Å². The van der Waals surface area contributed by atoms with Crippen LogP contribution in [0.5, 0.6) is 11.5 Å². The van der Waals surface area contributed by atoms with Crippen LogP contribution in [0, 0.1) is 0 Å². The van der Waals surface area contributed by atoms with Gasteiger partial charge in [-0.3, -0.25) is 0 Å². The van der Waals surface area contributed by atoms with Crippen LogP contribution in [0.3, 0.4) is 0 Å². The average molecular weight is 367 g/mol. The topological polar surface area (TPSA) is 73.6 Å². The van der Waals surface area contributed by atoms with Gasteiger partial charge >= 0.3 is 0 Å². The number of fused-ring (bicyclic) bond motifs is 3. The summed E-state index contributed by atoms with van der Waals surface area (Å²) in [5.74, 6) is 0.335. The number of phenols is 2. The number of aliphatic hydroxyl groups is 1. The van der Waals surface area contributed by atoms with Crippen LogP contribution in [0.1, 0.15) is 17.2 Å². The lowest BCUT2D eigenvalue weighted by molar-refractivity contribution is 0.225. The van der Waals surface area contributed by atoms with Crippen molar-refractivity contribution in [2.24, 2.45) is 0 Å². The number of hydrogen-bond acceptors (Lipinski definition) is 4. The number of para-hydroxylation sites is 1. The van der Waals surface area contributed by atoms with E-state index in [1.807, 2.05) is 42.5 Å². The van der Waals surface area contributed by atoms with Crippen molar-refractivity contribution in [3.05, 3.63) is 90.0 Å². The molecule has 3 N–H and O–H groups in total. The molecule has 0 saturated carbocycles. The standard InChI is InChI=1S/C24H17NO3/c26-15-11-9-14(10-12-15)20-13-19(16-5-3-4-8-21(16)27)22-23(25-20)17-6-1-2-7-18(17)24(22)28/h1-13,24,26-28H. The smallest absolute Gasteiger partial charge is 0.123 e. The van der Waals surface area contributed by atoms with Crippen molar-refractivity contribution in [3.8, 4) is 45.1 Å². The minimum Gasteiger partial charge on any atom is -0.508 e. The molecule has 0 spiro atoms. The fraction of sp³-hybridized carbons (Fsp3) is 0.0417. The second-order valence-electron chi connectivity index (χ2n) is 6.87. The lowest BCUT2D eigenvalue weighted by Crippen LogP contribution is -1.99. The molecule has 4 aromatic rings. The summed E-state index contributed by atoms with van der Waals surface area (Å²) < 4.78 is 0. The molecule has 1 heterocycles. The lowest BCUT2D eigenvalue weighted by Gasteiger charge is -2.15. The Morgan fingerprint density at radius 3 is 2.14 bits per heavy atom. The normalized spacial score (nSPS) is 14.5. The van der Waals surface area contributed by atoms with E-state index in [4.69, 9.17) is 4.98 Å². The van der Waals surface area contributed by atoms with Gasteiger partial charge in [0.1, 0.15) is 17.6 Å². The van der Waals surface area contributed by atoms with Crippen LogP contribution >= 0.6 is 0 Å². The Hall–Kier alpha value is -3.63. The summed E-state index contributed by atoms with van der Waals surface area (Å²) in [5.41, 5.74) is 6.06. The molecule has 1 aliphatic carbocycles. The SMILES string of the molecule is Oc1ccc(-c2cc(-c3ccccc3O)c3c(n2)-c2ccccc2C3O)cc1. The van der Waals surface area contributed by atoms with Crippen LogP contribution in [0.15, 0.2) is 78.9 Å². The third-order valence-electron chi connectivity index (χ3n) is 5.20. The molecule has 0 fully saturated rings. The highest BCUT2D eigenvalue weighted by molar-refractivity contribution is 5.88. The van der Waals surface area contributed by atoms with Crippen LogP contribution in [0.4, 0.5) is 0 Å². The molecular weight excluding hydrogens is 350 g/mol. The first-order valence-corrected chi connectivity index (χ1v) is 9.03.